The van der Waals surface area contributed by atoms with Crippen LogP contribution < -0.4 is 9.47 Å². The van der Waals surface area contributed by atoms with Crippen LogP contribution in [-0.4, -0.2) is 40.1 Å². The molecule has 38 heavy (non-hydrogen) atoms. The number of ether oxygens (including phenoxy) is 2. The molecule has 0 saturated heterocycles. The van der Waals surface area contributed by atoms with Crippen molar-refractivity contribution < 1.29 is 28.6 Å². The second-order valence-corrected chi connectivity index (χ2v) is 10.6. The Bertz CT molecular complexity index is 1340. The summed E-state index contributed by atoms with van der Waals surface area (Å²) in [6.45, 7) is 5.57. The lowest BCUT2D eigenvalue weighted by Gasteiger charge is -2.24. The molecule has 1 aliphatic rings. The molecule has 0 saturated carbocycles. The highest BCUT2D eigenvalue weighted by Gasteiger charge is 2.35. The highest BCUT2D eigenvalue weighted by atomic mass is 35.5. The van der Waals surface area contributed by atoms with Gasteiger partial charge in [-0.2, -0.15) is 0 Å². The van der Waals surface area contributed by atoms with Crippen molar-refractivity contribution in [2.75, 3.05) is 6.54 Å². The number of nitrogens with zero attached hydrogens (tertiary/aromatic N) is 1. The van der Waals surface area contributed by atoms with Gasteiger partial charge in [-0.15, -0.1) is 0 Å². The average molecular weight is 540 g/mol. The summed E-state index contributed by atoms with van der Waals surface area (Å²) in [6.07, 6.45) is 1.15. The van der Waals surface area contributed by atoms with Gasteiger partial charge in [0.15, 0.2) is 0 Å². The fourth-order valence-electron chi connectivity index (χ4n) is 4.76. The number of carbonyl (C=O) groups excluding carboxylic acids is 1. The molecule has 0 aromatic heterocycles. The summed E-state index contributed by atoms with van der Waals surface area (Å²) in [6, 6.07) is 17.6. The summed E-state index contributed by atoms with van der Waals surface area (Å²) in [5.74, 6) is -0.439. The number of aliphatic carboxylic acids is 1. The van der Waals surface area contributed by atoms with Crippen LogP contribution in [0.1, 0.15) is 43.0 Å². The van der Waals surface area contributed by atoms with Crippen molar-refractivity contribution in [2.45, 2.75) is 58.3 Å². The summed E-state index contributed by atoms with van der Waals surface area (Å²) >= 11 is 5.81. The monoisotopic (exact) mass is 539 g/mol. The van der Waals surface area contributed by atoms with Crippen LogP contribution in [-0.2, 0) is 35.4 Å². The van der Waals surface area contributed by atoms with E-state index in [4.69, 9.17) is 21.1 Å². The first-order valence-electron chi connectivity index (χ1n) is 12.5. The lowest BCUT2D eigenvalue weighted by atomic mass is 9.91. The quantitative estimate of drug-likeness (QED) is 0.349. The third-order valence-corrected chi connectivity index (χ3v) is 6.59. The second-order valence-electron chi connectivity index (χ2n) is 10.2. The zero-order valence-corrected chi connectivity index (χ0v) is 22.4. The molecule has 0 bridgehead atoms. The minimum Gasteiger partial charge on any atom is -0.491 e. The van der Waals surface area contributed by atoms with Gasteiger partial charge in [0, 0.05) is 19.4 Å². The van der Waals surface area contributed by atoms with Crippen molar-refractivity contribution in [3.05, 3.63) is 93.8 Å². The van der Waals surface area contributed by atoms with Crippen LogP contribution in [0.2, 0.25) is 5.02 Å². The van der Waals surface area contributed by atoms with Crippen LogP contribution in [0.25, 0.3) is 0 Å². The molecule has 1 N–H and O–H groups in total. The van der Waals surface area contributed by atoms with E-state index in [0.29, 0.717) is 18.6 Å². The molecule has 4 rings (SSSR count). The van der Waals surface area contributed by atoms with Crippen LogP contribution in [0.4, 0.5) is 4.39 Å². The summed E-state index contributed by atoms with van der Waals surface area (Å²) in [5, 5.41) is 9.50. The molecule has 0 fully saturated rings. The summed E-state index contributed by atoms with van der Waals surface area (Å²) in [7, 11) is 0. The minimum atomic E-state index is -1.08. The summed E-state index contributed by atoms with van der Waals surface area (Å²) in [4.78, 5) is 26.0. The number of halogens is 2. The molecule has 0 unspecified atom stereocenters. The van der Waals surface area contributed by atoms with Crippen LogP contribution in [0.15, 0.2) is 60.7 Å². The number of carbonyl (C=O) groups is 2. The maximum absolute atomic E-state index is 13.9. The molecule has 1 aliphatic heterocycles. The number of amides is 1. The zero-order chi connectivity index (χ0) is 27.4. The van der Waals surface area contributed by atoms with E-state index in [1.54, 1.807) is 6.07 Å². The van der Waals surface area contributed by atoms with E-state index in [1.807, 2.05) is 63.2 Å². The largest absolute Gasteiger partial charge is 0.491 e. The number of fused-ring (bicyclic) bond motifs is 1. The molecule has 0 spiro atoms. The Labute approximate surface area is 226 Å². The molecule has 3 aromatic carbocycles. The Morgan fingerprint density at radius 2 is 1.87 bits per heavy atom. The van der Waals surface area contributed by atoms with E-state index in [9.17, 15) is 19.1 Å². The number of carboxylic acids is 1. The number of hydrogen-bond donors (Lipinski definition) is 1. The van der Waals surface area contributed by atoms with Crippen molar-refractivity contribution in [2.24, 2.45) is 0 Å². The van der Waals surface area contributed by atoms with E-state index >= 15 is 0 Å². The Hall–Kier alpha value is -3.58. The average Bonchev–Trinajstić information content (AvgIpc) is 3.15. The van der Waals surface area contributed by atoms with Gasteiger partial charge in [-0.05, 0) is 73.4 Å². The van der Waals surface area contributed by atoms with Gasteiger partial charge in [0.2, 0.25) is 5.91 Å². The van der Waals surface area contributed by atoms with Gasteiger partial charge in [0.25, 0.3) is 0 Å². The fourth-order valence-corrected chi connectivity index (χ4v) is 4.87. The molecule has 1 atom stereocenters. The molecule has 200 valence electrons. The van der Waals surface area contributed by atoms with Crippen molar-refractivity contribution in [1.29, 1.82) is 0 Å². The molecule has 0 aliphatic carbocycles. The standard InChI is InChI=1S/C30H31ClFNO5/c1-19(2)37-24-6-4-5-22(12-24)17-33(18-29(35)36)28(34)14-20-8-10-27-23(11-20)16-30(3,38-27)15-21-7-9-25(31)26(32)13-21/h4-13,19H,14-18H2,1-3H3,(H,35,36)/t30-/m0/s1. The topological polar surface area (TPSA) is 76.1 Å². The lowest BCUT2D eigenvalue weighted by molar-refractivity contribution is -0.144. The number of rotatable bonds is 10. The first-order valence-corrected chi connectivity index (χ1v) is 12.9. The lowest BCUT2D eigenvalue weighted by Crippen LogP contribution is -2.36. The fraction of sp³-hybridized carbons (Fsp3) is 0.333. The van der Waals surface area contributed by atoms with Crippen LogP contribution in [0, 0.1) is 5.82 Å². The Kier molecular flexibility index (Phi) is 8.26. The molecule has 1 amide bonds. The first kappa shape index (κ1) is 27.5. The normalized spacial score (nSPS) is 16.2. The first-order chi connectivity index (χ1) is 18.0. The highest BCUT2D eigenvalue weighted by Crippen LogP contribution is 2.38. The molecule has 3 aromatic rings. The number of benzene rings is 3. The Balaban J connectivity index is 1.45. The second kappa shape index (κ2) is 11.4. The van der Waals surface area contributed by atoms with Gasteiger partial charge in [-0.25, -0.2) is 4.39 Å². The smallest absolute Gasteiger partial charge is 0.323 e. The zero-order valence-electron chi connectivity index (χ0n) is 21.7. The third-order valence-electron chi connectivity index (χ3n) is 6.29. The molecular weight excluding hydrogens is 509 g/mol. The molecule has 6 nitrogen and oxygen atoms in total. The molecule has 8 heteroatoms. The van der Waals surface area contributed by atoms with Gasteiger partial charge >= 0.3 is 5.97 Å². The van der Waals surface area contributed by atoms with Crippen molar-refractivity contribution in [1.82, 2.24) is 4.90 Å². The van der Waals surface area contributed by atoms with E-state index < -0.39 is 23.9 Å². The number of hydrogen-bond acceptors (Lipinski definition) is 4. The predicted molar refractivity (Wildman–Crippen MR) is 143 cm³/mol. The van der Waals surface area contributed by atoms with E-state index in [2.05, 4.69) is 0 Å². The van der Waals surface area contributed by atoms with E-state index in [0.717, 1.165) is 28.0 Å². The Morgan fingerprint density at radius 1 is 1.11 bits per heavy atom. The Morgan fingerprint density at radius 3 is 2.58 bits per heavy atom. The molecule has 1 heterocycles. The van der Waals surface area contributed by atoms with Crippen molar-refractivity contribution in [3.8, 4) is 11.5 Å². The van der Waals surface area contributed by atoms with E-state index in [-0.39, 0.29) is 30.0 Å². The SMILES string of the molecule is CC(C)Oc1cccc(CN(CC(=O)O)C(=O)Cc2ccc3c(c2)C[C@](C)(Cc2ccc(Cl)c(F)c2)O3)c1. The molecule has 0 radical (unpaired) electrons. The maximum atomic E-state index is 13.9. The van der Waals surface area contributed by atoms with Crippen LogP contribution in [0.3, 0.4) is 0 Å². The van der Waals surface area contributed by atoms with Gasteiger partial charge in [-0.1, -0.05) is 41.9 Å². The van der Waals surface area contributed by atoms with Gasteiger partial charge in [0.1, 0.15) is 29.5 Å². The third kappa shape index (κ3) is 7.04. The molecular formula is C30H31ClFNO5. The maximum Gasteiger partial charge on any atom is 0.323 e. The van der Waals surface area contributed by atoms with Crippen LogP contribution in [0.5, 0.6) is 11.5 Å². The van der Waals surface area contributed by atoms with Gasteiger partial charge < -0.3 is 19.5 Å². The van der Waals surface area contributed by atoms with Crippen molar-refractivity contribution >= 4 is 23.5 Å². The van der Waals surface area contributed by atoms with Crippen molar-refractivity contribution in [3.63, 3.8) is 0 Å². The minimum absolute atomic E-state index is 0.00000612. The van der Waals surface area contributed by atoms with Crippen LogP contribution >= 0.6 is 11.6 Å². The highest BCUT2D eigenvalue weighted by molar-refractivity contribution is 6.30. The predicted octanol–water partition coefficient (Wildman–Crippen LogP) is 5.86. The van der Waals surface area contributed by atoms with Gasteiger partial charge in [0.05, 0.1) is 17.5 Å². The summed E-state index contributed by atoms with van der Waals surface area (Å²) < 4.78 is 25.8. The number of carboxylic acid groups (broad SMARTS) is 1. The summed E-state index contributed by atoms with van der Waals surface area (Å²) in [5.41, 5.74) is 2.73. The van der Waals surface area contributed by atoms with Gasteiger partial charge in [-0.3, -0.25) is 9.59 Å². The van der Waals surface area contributed by atoms with E-state index in [1.165, 1.54) is 17.0 Å².